The van der Waals surface area contributed by atoms with Crippen molar-refractivity contribution in [2.75, 3.05) is 5.32 Å². The number of nitrogens with one attached hydrogen (secondary N) is 1. The van der Waals surface area contributed by atoms with Crippen molar-refractivity contribution in [3.8, 4) is 17.3 Å². The fourth-order valence-corrected chi connectivity index (χ4v) is 4.46. The summed E-state index contributed by atoms with van der Waals surface area (Å²) in [6.07, 6.45) is 1.24. The van der Waals surface area contributed by atoms with Crippen LogP contribution in [0.4, 0.5) is 5.69 Å². The smallest absolute Gasteiger partial charge is 0.278 e. The van der Waals surface area contributed by atoms with E-state index in [1.165, 1.54) is 4.68 Å². The van der Waals surface area contributed by atoms with Crippen molar-refractivity contribution in [1.29, 1.82) is 0 Å². The normalized spacial score (nSPS) is 12.0. The van der Waals surface area contributed by atoms with Crippen LogP contribution in [0.1, 0.15) is 23.6 Å². The highest BCUT2D eigenvalue weighted by Crippen LogP contribution is 2.37. The molecule has 0 spiro atoms. The number of carbonyl (C=O) groups excluding carboxylic acids is 1. The Bertz CT molecular complexity index is 1460. The van der Waals surface area contributed by atoms with Gasteiger partial charge >= 0.3 is 0 Å². The van der Waals surface area contributed by atoms with E-state index in [0.717, 1.165) is 17.5 Å². The monoisotopic (exact) mass is 493 g/mol. The molecule has 5 rings (SSSR count). The number of aryl methyl sites for hydroxylation is 1. The Morgan fingerprint density at radius 2 is 1.82 bits per heavy atom. The van der Waals surface area contributed by atoms with E-state index < -0.39 is 0 Å². The number of halogens is 2. The first-order valence-corrected chi connectivity index (χ1v) is 11.6. The van der Waals surface area contributed by atoms with Crippen LogP contribution >= 0.6 is 23.2 Å². The van der Waals surface area contributed by atoms with Gasteiger partial charge in [-0.1, -0.05) is 54.4 Å². The van der Waals surface area contributed by atoms with Gasteiger partial charge in [0.25, 0.3) is 5.56 Å². The lowest BCUT2D eigenvalue weighted by Gasteiger charge is -2.20. The molecule has 0 unspecified atom stereocenters. The third-order valence-electron chi connectivity index (χ3n) is 5.81. The first-order chi connectivity index (χ1) is 16.4. The molecule has 34 heavy (non-hydrogen) atoms. The number of rotatable bonds is 5. The zero-order valence-electron chi connectivity index (χ0n) is 18.3. The highest BCUT2D eigenvalue weighted by Gasteiger charge is 2.29. The van der Waals surface area contributed by atoms with Gasteiger partial charge in [-0.25, -0.2) is 9.36 Å². The van der Waals surface area contributed by atoms with Gasteiger partial charge in [0.15, 0.2) is 0 Å². The molecule has 0 saturated heterocycles. The van der Waals surface area contributed by atoms with Gasteiger partial charge in [0, 0.05) is 17.0 Å². The molecule has 1 aliphatic rings. The van der Waals surface area contributed by atoms with Crippen LogP contribution in [-0.2, 0) is 24.2 Å². The minimum atomic E-state index is -0.338. The van der Waals surface area contributed by atoms with Crippen LogP contribution in [0.3, 0.4) is 0 Å². The maximum absolute atomic E-state index is 13.6. The van der Waals surface area contributed by atoms with E-state index in [1.807, 2.05) is 24.3 Å². The summed E-state index contributed by atoms with van der Waals surface area (Å²) >= 11 is 12.4. The van der Waals surface area contributed by atoms with Crippen LogP contribution in [-0.4, -0.2) is 15.3 Å². The Balaban J connectivity index is 1.59. The Kier molecular flexibility index (Phi) is 5.94. The predicted octanol–water partition coefficient (Wildman–Crippen LogP) is 5.84. The number of ether oxygens (including phenoxy) is 1. The average molecular weight is 494 g/mol. The SMILES string of the molecule is CCc1ccc(-n2c(=O)c3c(n2CC(=O)Nc2ccccc2Cl)Oc2ccc(Cl)cc2C3)cc1. The van der Waals surface area contributed by atoms with E-state index in [1.54, 1.807) is 47.1 Å². The number of aromatic nitrogens is 2. The van der Waals surface area contributed by atoms with Crippen LogP contribution in [0, 0.1) is 0 Å². The number of amides is 1. The van der Waals surface area contributed by atoms with Crippen LogP contribution in [0.15, 0.2) is 71.5 Å². The van der Waals surface area contributed by atoms with E-state index in [4.69, 9.17) is 27.9 Å². The molecule has 3 aromatic carbocycles. The quantitative estimate of drug-likeness (QED) is 0.334. The second kappa shape index (κ2) is 9.05. The molecule has 2 heterocycles. The molecule has 6 nitrogen and oxygen atoms in total. The van der Waals surface area contributed by atoms with E-state index in [2.05, 4.69) is 12.2 Å². The summed E-state index contributed by atoms with van der Waals surface area (Å²) in [6, 6.07) is 20.0. The molecule has 0 aliphatic carbocycles. The van der Waals surface area contributed by atoms with Crippen molar-refractivity contribution >= 4 is 34.8 Å². The summed E-state index contributed by atoms with van der Waals surface area (Å²) in [5, 5.41) is 3.82. The van der Waals surface area contributed by atoms with Crippen molar-refractivity contribution in [2.45, 2.75) is 26.3 Å². The summed E-state index contributed by atoms with van der Waals surface area (Å²) in [6.45, 7) is 1.92. The van der Waals surface area contributed by atoms with E-state index in [-0.39, 0.29) is 18.0 Å². The summed E-state index contributed by atoms with van der Waals surface area (Å²) < 4.78 is 9.21. The molecular weight excluding hydrogens is 473 g/mol. The number of hydrogen-bond donors (Lipinski definition) is 1. The maximum atomic E-state index is 13.6. The molecule has 0 radical (unpaired) electrons. The number of carbonyl (C=O) groups is 1. The maximum Gasteiger partial charge on any atom is 0.278 e. The number of nitrogens with zero attached hydrogens (tertiary/aromatic N) is 2. The number of anilines is 1. The molecular formula is C26H21Cl2N3O3. The number of para-hydroxylation sites is 1. The average Bonchev–Trinajstić information content (AvgIpc) is 3.09. The van der Waals surface area contributed by atoms with Gasteiger partial charge in [-0.05, 0) is 54.4 Å². The van der Waals surface area contributed by atoms with Gasteiger partial charge in [-0.2, -0.15) is 0 Å². The predicted molar refractivity (Wildman–Crippen MR) is 134 cm³/mol. The lowest BCUT2D eigenvalue weighted by molar-refractivity contribution is -0.117. The second-order valence-corrected chi connectivity index (χ2v) is 8.88. The lowest BCUT2D eigenvalue weighted by Crippen LogP contribution is -2.27. The van der Waals surface area contributed by atoms with Gasteiger partial charge in [0.2, 0.25) is 11.8 Å². The standard InChI is InChI=1S/C26H21Cl2N3O3/c1-2-16-7-10-19(11-8-16)31-25(33)20-14-17-13-18(27)9-12-23(17)34-26(20)30(31)15-24(32)29-22-6-4-3-5-21(22)28/h3-13H,2,14-15H2,1H3,(H,29,32). The number of benzene rings is 3. The minimum Gasteiger partial charge on any atom is -0.439 e. The Morgan fingerprint density at radius 1 is 1.06 bits per heavy atom. The van der Waals surface area contributed by atoms with Gasteiger partial charge in [-0.3, -0.25) is 9.59 Å². The van der Waals surface area contributed by atoms with Crippen molar-refractivity contribution in [3.63, 3.8) is 0 Å². The summed E-state index contributed by atoms with van der Waals surface area (Å²) in [5.41, 5.74) is 3.35. The summed E-state index contributed by atoms with van der Waals surface area (Å²) in [5.74, 6) is 0.611. The third kappa shape index (κ3) is 4.11. The molecule has 1 aromatic heterocycles. The lowest BCUT2D eigenvalue weighted by atomic mass is 10.0. The Morgan fingerprint density at radius 3 is 2.56 bits per heavy atom. The molecule has 1 N–H and O–H groups in total. The zero-order valence-corrected chi connectivity index (χ0v) is 19.9. The third-order valence-corrected chi connectivity index (χ3v) is 6.38. The molecule has 1 amide bonds. The first-order valence-electron chi connectivity index (χ1n) is 10.9. The highest BCUT2D eigenvalue weighted by atomic mass is 35.5. The van der Waals surface area contributed by atoms with Crippen LogP contribution < -0.4 is 15.6 Å². The number of hydrogen-bond acceptors (Lipinski definition) is 3. The fraction of sp³-hybridized carbons (Fsp3) is 0.154. The Labute approximate surface area is 206 Å². The summed E-state index contributed by atoms with van der Waals surface area (Å²) in [7, 11) is 0. The molecule has 1 aliphatic heterocycles. The van der Waals surface area contributed by atoms with E-state index >= 15 is 0 Å². The van der Waals surface area contributed by atoms with Gasteiger partial charge in [-0.15, -0.1) is 0 Å². The number of fused-ring (bicyclic) bond motifs is 2. The second-order valence-electron chi connectivity index (χ2n) is 8.04. The van der Waals surface area contributed by atoms with E-state index in [0.29, 0.717) is 45.0 Å². The van der Waals surface area contributed by atoms with Gasteiger partial charge < -0.3 is 10.1 Å². The molecule has 8 heteroatoms. The van der Waals surface area contributed by atoms with Crippen LogP contribution in [0.25, 0.3) is 5.69 Å². The topological polar surface area (TPSA) is 65.3 Å². The highest BCUT2D eigenvalue weighted by molar-refractivity contribution is 6.33. The molecule has 172 valence electrons. The first kappa shape index (κ1) is 22.3. The zero-order chi connectivity index (χ0) is 23.8. The molecule has 0 atom stereocenters. The van der Waals surface area contributed by atoms with Crippen LogP contribution in [0.5, 0.6) is 11.6 Å². The molecule has 0 bridgehead atoms. The largest absolute Gasteiger partial charge is 0.439 e. The minimum absolute atomic E-state index is 0.145. The van der Waals surface area contributed by atoms with Gasteiger partial charge in [0.05, 0.1) is 22.0 Å². The molecule has 0 saturated carbocycles. The molecule has 0 fully saturated rings. The molecule has 4 aromatic rings. The van der Waals surface area contributed by atoms with Gasteiger partial charge in [0.1, 0.15) is 12.3 Å². The summed E-state index contributed by atoms with van der Waals surface area (Å²) in [4.78, 5) is 26.6. The van der Waals surface area contributed by atoms with Crippen molar-refractivity contribution in [1.82, 2.24) is 9.36 Å². The van der Waals surface area contributed by atoms with Crippen molar-refractivity contribution < 1.29 is 9.53 Å². The Hall–Kier alpha value is -3.48. The van der Waals surface area contributed by atoms with Crippen molar-refractivity contribution in [3.05, 3.63) is 104 Å². The van der Waals surface area contributed by atoms with Crippen LogP contribution in [0.2, 0.25) is 10.0 Å². The van der Waals surface area contributed by atoms with E-state index in [9.17, 15) is 9.59 Å². The fourth-order valence-electron chi connectivity index (χ4n) is 4.08. The van der Waals surface area contributed by atoms with Crippen molar-refractivity contribution in [2.24, 2.45) is 0 Å².